The lowest BCUT2D eigenvalue weighted by molar-refractivity contribution is 0.0917. The molecule has 0 aromatic heterocycles. The summed E-state index contributed by atoms with van der Waals surface area (Å²) in [5, 5.41) is 2.84. The molecule has 0 bridgehead atoms. The number of ether oxygens (including phenoxy) is 1. The molecule has 0 saturated carbocycles. The van der Waals surface area contributed by atoms with Crippen LogP contribution >= 0.6 is 0 Å². The van der Waals surface area contributed by atoms with E-state index < -0.39 is 0 Å². The first-order valence-electron chi connectivity index (χ1n) is 6.54. The normalized spacial score (nSPS) is 10.2. The topological polar surface area (TPSA) is 64.3 Å². The lowest BCUT2D eigenvalue weighted by Crippen LogP contribution is -2.28. The Balaban J connectivity index is 2.38. The monoisotopic (exact) mass is 262 g/mol. The van der Waals surface area contributed by atoms with Crippen molar-refractivity contribution in [2.45, 2.75) is 12.8 Å². The standard InChI is InChI=1S/C15H22N2O2/c1-2-3-11-19-12-10-17-15(18)14-7-5-4-6-13(14)8-9-16/h2,4-7H,1,3,8-12,16H2,(H,17,18). The van der Waals surface area contributed by atoms with E-state index in [0.29, 0.717) is 38.3 Å². The van der Waals surface area contributed by atoms with Crippen molar-refractivity contribution >= 4 is 5.91 Å². The fourth-order valence-electron chi connectivity index (χ4n) is 1.72. The van der Waals surface area contributed by atoms with Crippen LogP contribution in [0.2, 0.25) is 0 Å². The summed E-state index contributed by atoms with van der Waals surface area (Å²) in [4.78, 5) is 12.0. The number of hydrogen-bond donors (Lipinski definition) is 2. The van der Waals surface area contributed by atoms with Gasteiger partial charge in [-0.15, -0.1) is 6.58 Å². The van der Waals surface area contributed by atoms with Gasteiger partial charge < -0.3 is 15.8 Å². The highest BCUT2D eigenvalue weighted by Gasteiger charge is 2.09. The van der Waals surface area contributed by atoms with E-state index in [1.165, 1.54) is 0 Å². The second kappa shape index (κ2) is 9.30. The summed E-state index contributed by atoms with van der Waals surface area (Å²) in [7, 11) is 0. The number of carbonyl (C=O) groups excluding carboxylic acids is 1. The smallest absolute Gasteiger partial charge is 0.251 e. The molecule has 104 valence electrons. The van der Waals surface area contributed by atoms with Crippen molar-refractivity contribution in [3.05, 3.63) is 48.0 Å². The minimum absolute atomic E-state index is 0.0728. The maximum absolute atomic E-state index is 12.0. The van der Waals surface area contributed by atoms with Crippen molar-refractivity contribution < 1.29 is 9.53 Å². The minimum atomic E-state index is -0.0728. The molecule has 1 amide bonds. The molecule has 1 aromatic rings. The van der Waals surface area contributed by atoms with Gasteiger partial charge in [0.05, 0.1) is 13.2 Å². The fourth-order valence-corrected chi connectivity index (χ4v) is 1.72. The second-order valence-corrected chi connectivity index (χ2v) is 4.14. The third kappa shape index (κ3) is 5.68. The van der Waals surface area contributed by atoms with Gasteiger partial charge in [-0.2, -0.15) is 0 Å². The summed E-state index contributed by atoms with van der Waals surface area (Å²) in [5.41, 5.74) is 7.21. The lowest BCUT2D eigenvalue weighted by Gasteiger charge is -2.09. The highest BCUT2D eigenvalue weighted by Crippen LogP contribution is 2.08. The molecule has 0 saturated heterocycles. The van der Waals surface area contributed by atoms with Crippen molar-refractivity contribution in [2.75, 3.05) is 26.3 Å². The van der Waals surface area contributed by atoms with Crippen molar-refractivity contribution in [3.8, 4) is 0 Å². The first-order valence-corrected chi connectivity index (χ1v) is 6.54. The maximum atomic E-state index is 12.0. The average Bonchev–Trinajstić information content (AvgIpc) is 2.43. The molecule has 0 aliphatic rings. The molecule has 0 fully saturated rings. The van der Waals surface area contributed by atoms with Gasteiger partial charge in [-0.25, -0.2) is 0 Å². The SMILES string of the molecule is C=CCCOCCNC(=O)c1ccccc1CCN. The molecular formula is C15H22N2O2. The molecule has 0 unspecified atom stereocenters. The van der Waals surface area contributed by atoms with Gasteiger partial charge in [-0.3, -0.25) is 4.79 Å². The predicted octanol–water partition coefficient (Wildman–Crippen LogP) is 1.51. The van der Waals surface area contributed by atoms with Gasteiger partial charge >= 0.3 is 0 Å². The number of nitrogens with one attached hydrogen (secondary N) is 1. The van der Waals surface area contributed by atoms with Crippen LogP contribution in [0.5, 0.6) is 0 Å². The Kier molecular flexibility index (Phi) is 7.54. The molecule has 0 atom stereocenters. The molecule has 19 heavy (non-hydrogen) atoms. The summed E-state index contributed by atoms with van der Waals surface area (Å²) < 4.78 is 5.33. The zero-order chi connectivity index (χ0) is 13.9. The molecule has 4 heteroatoms. The van der Waals surface area contributed by atoms with Crippen molar-refractivity contribution in [1.29, 1.82) is 0 Å². The van der Waals surface area contributed by atoms with Crippen molar-refractivity contribution in [2.24, 2.45) is 5.73 Å². The number of benzene rings is 1. The van der Waals surface area contributed by atoms with E-state index in [9.17, 15) is 4.79 Å². The summed E-state index contributed by atoms with van der Waals surface area (Å²) in [6.45, 7) is 5.81. The molecule has 1 aromatic carbocycles. The third-order valence-electron chi connectivity index (χ3n) is 2.67. The van der Waals surface area contributed by atoms with E-state index in [0.717, 1.165) is 12.0 Å². The molecule has 0 aliphatic carbocycles. The molecular weight excluding hydrogens is 240 g/mol. The van der Waals surface area contributed by atoms with Crippen LogP contribution in [0.1, 0.15) is 22.3 Å². The van der Waals surface area contributed by atoms with Crippen molar-refractivity contribution in [3.63, 3.8) is 0 Å². The Morgan fingerprint density at radius 3 is 2.89 bits per heavy atom. The zero-order valence-electron chi connectivity index (χ0n) is 11.2. The maximum Gasteiger partial charge on any atom is 0.251 e. The van der Waals surface area contributed by atoms with E-state index in [2.05, 4.69) is 11.9 Å². The lowest BCUT2D eigenvalue weighted by atomic mass is 10.0. The first-order chi connectivity index (χ1) is 9.29. The fraction of sp³-hybridized carbons (Fsp3) is 0.400. The van der Waals surface area contributed by atoms with Crippen LogP contribution in [-0.2, 0) is 11.2 Å². The predicted molar refractivity (Wildman–Crippen MR) is 77.2 cm³/mol. The molecule has 0 radical (unpaired) electrons. The van der Waals surface area contributed by atoms with Gasteiger partial charge in [0.2, 0.25) is 0 Å². The highest BCUT2D eigenvalue weighted by molar-refractivity contribution is 5.95. The number of rotatable bonds is 9. The first kappa shape index (κ1) is 15.4. The van der Waals surface area contributed by atoms with E-state index >= 15 is 0 Å². The zero-order valence-corrected chi connectivity index (χ0v) is 11.2. The molecule has 0 spiro atoms. The summed E-state index contributed by atoms with van der Waals surface area (Å²) >= 11 is 0. The Bertz CT molecular complexity index is 405. The van der Waals surface area contributed by atoms with Gasteiger partial charge in [0.25, 0.3) is 5.91 Å². The summed E-state index contributed by atoms with van der Waals surface area (Å²) in [6, 6.07) is 7.52. The molecule has 0 heterocycles. The quantitative estimate of drug-likeness (QED) is 0.524. The Labute approximate surface area is 114 Å². The van der Waals surface area contributed by atoms with Crippen LogP contribution in [0, 0.1) is 0 Å². The number of carbonyl (C=O) groups is 1. The van der Waals surface area contributed by atoms with Gasteiger partial charge in [-0.1, -0.05) is 24.3 Å². The number of hydrogen-bond acceptors (Lipinski definition) is 3. The second-order valence-electron chi connectivity index (χ2n) is 4.14. The van der Waals surface area contributed by atoms with E-state index in [4.69, 9.17) is 10.5 Å². The van der Waals surface area contributed by atoms with Crippen LogP contribution in [0.3, 0.4) is 0 Å². The Hall–Kier alpha value is -1.65. The average molecular weight is 262 g/mol. The Morgan fingerprint density at radius 1 is 1.37 bits per heavy atom. The van der Waals surface area contributed by atoms with E-state index in [-0.39, 0.29) is 5.91 Å². The van der Waals surface area contributed by atoms with Crippen LogP contribution in [0.25, 0.3) is 0 Å². The third-order valence-corrected chi connectivity index (χ3v) is 2.67. The van der Waals surface area contributed by atoms with Gasteiger partial charge in [0.1, 0.15) is 0 Å². The highest BCUT2D eigenvalue weighted by atomic mass is 16.5. The number of nitrogens with two attached hydrogens (primary N) is 1. The summed E-state index contributed by atoms with van der Waals surface area (Å²) in [6.07, 6.45) is 3.34. The number of amides is 1. The van der Waals surface area contributed by atoms with E-state index in [1.807, 2.05) is 30.3 Å². The molecule has 1 rings (SSSR count). The van der Waals surface area contributed by atoms with Gasteiger partial charge in [0.15, 0.2) is 0 Å². The largest absolute Gasteiger partial charge is 0.379 e. The van der Waals surface area contributed by atoms with E-state index in [1.54, 1.807) is 0 Å². The molecule has 3 N–H and O–H groups in total. The van der Waals surface area contributed by atoms with Crippen LogP contribution in [-0.4, -0.2) is 32.2 Å². The molecule has 4 nitrogen and oxygen atoms in total. The minimum Gasteiger partial charge on any atom is -0.379 e. The van der Waals surface area contributed by atoms with Crippen molar-refractivity contribution in [1.82, 2.24) is 5.32 Å². The van der Waals surface area contributed by atoms with Gasteiger partial charge in [0, 0.05) is 12.1 Å². The van der Waals surface area contributed by atoms with Crippen LogP contribution in [0.4, 0.5) is 0 Å². The van der Waals surface area contributed by atoms with Crippen LogP contribution in [0.15, 0.2) is 36.9 Å². The Morgan fingerprint density at radius 2 is 2.16 bits per heavy atom. The van der Waals surface area contributed by atoms with Crippen LogP contribution < -0.4 is 11.1 Å². The summed E-state index contributed by atoms with van der Waals surface area (Å²) in [5.74, 6) is -0.0728. The molecule has 0 aliphatic heterocycles. The van der Waals surface area contributed by atoms with Gasteiger partial charge in [-0.05, 0) is 31.0 Å².